The molecule has 1 aromatic rings. The van der Waals surface area contributed by atoms with Gasteiger partial charge in [-0.1, -0.05) is 38.2 Å². The van der Waals surface area contributed by atoms with Crippen LogP contribution in [0.15, 0.2) is 28.6 Å². The average Bonchev–Trinajstić information content (AvgIpc) is 3.53. The molecule has 38 heavy (non-hydrogen) atoms. The molecule has 1 spiro atoms. The van der Waals surface area contributed by atoms with Crippen LogP contribution in [-0.4, -0.2) is 55.0 Å². The topological polar surface area (TPSA) is 99.2 Å². The Labute approximate surface area is 226 Å². The third kappa shape index (κ3) is 5.45. The molecule has 2 heterocycles. The van der Waals surface area contributed by atoms with Gasteiger partial charge in [-0.25, -0.2) is 8.42 Å². The minimum Gasteiger partial charge on any atom is -0.312 e. The molecule has 8 nitrogen and oxygen atoms in total. The SMILES string of the molecule is CC(=O)N(c1ccc(/C=C/S(=O)(=O)N2CCC3(CC2)N=C(C2CCCCC2)NC3=O)c(C)c1)C1CCCC1. The van der Waals surface area contributed by atoms with Gasteiger partial charge in [0, 0.05) is 43.1 Å². The van der Waals surface area contributed by atoms with E-state index in [1.54, 1.807) is 13.0 Å². The van der Waals surface area contributed by atoms with Crippen molar-refractivity contribution in [3.63, 3.8) is 0 Å². The first kappa shape index (κ1) is 27.1. The van der Waals surface area contributed by atoms with Crippen molar-refractivity contribution < 1.29 is 18.0 Å². The van der Waals surface area contributed by atoms with E-state index in [1.165, 1.54) is 29.0 Å². The molecule has 0 bridgehead atoms. The van der Waals surface area contributed by atoms with Crippen LogP contribution in [0.5, 0.6) is 0 Å². The van der Waals surface area contributed by atoms with Gasteiger partial charge in [0.05, 0.1) is 0 Å². The fraction of sp³-hybridized carbons (Fsp3) is 0.621. The van der Waals surface area contributed by atoms with Gasteiger partial charge in [-0.15, -0.1) is 0 Å². The molecule has 0 atom stereocenters. The summed E-state index contributed by atoms with van der Waals surface area (Å²) in [5, 5.41) is 4.29. The fourth-order valence-electron chi connectivity index (χ4n) is 6.62. The van der Waals surface area contributed by atoms with E-state index >= 15 is 0 Å². The number of rotatable bonds is 6. The Morgan fingerprint density at radius 3 is 2.37 bits per heavy atom. The fourth-order valence-corrected chi connectivity index (χ4v) is 7.80. The van der Waals surface area contributed by atoms with Crippen molar-refractivity contribution in [2.75, 3.05) is 18.0 Å². The third-order valence-electron chi connectivity index (χ3n) is 8.88. The monoisotopic (exact) mass is 540 g/mol. The van der Waals surface area contributed by atoms with E-state index in [9.17, 15) is 18.0 Å². The number of hydrogen-bond donors (Lipinski definition) is 1. The molecule has 1 aromatic carbocycles. The highest BCUT2D eigenvalue weighted by Crippen LogP contribution is 2.35. The summed E-state index contributed by atoms with van der Waals surface area (Å²) in [4.78, 5) is 32.0. The predicted octanol–water partition coefficient (Wildman–Crippen LogP) is 4.53. The molecule has 3 fully saturated rings. The number of nitrogens with zero attached hydrogens (tertiary/aromatic N) is 3. The summed E-state index contributed by atoms with van der Waals surface area (Å²) in [5.41, 5.74) is 1.77. The van der Waals surface area contributed by atoms with Gasteiger partial charge >= 0.3 is 0 Å². The third-order valence-corrected chi connectivity index (χ3v) is 10.4. The largest absolute Gasteiger partial charge is 0.312 e. The number of anilines is 1. The number of aliphatic imine (C=N–C) groups is 1. The van der Waals surface area contributed by atoms with Gasteiger partial charge in [-0.05, 0) is 74.8 Å². The second kappa shape index (κ2) is 10.9. The molecule has 0 radical (unpaired) electrons. The number of aryl methyl sites for hydroxylation is 1. The van der Waals surface area contributed by atoms with Gasteiger partial charge in [0.2, 0.25) is 15.9 Å². The quantitative estimate of drug-likeness (QED) is 0.573. The van der Waals surface area contributed by atoms with E-state index in [4.69, 9.17) is 4.99 Å². The Bertz CT molecular complexity index is 1240. The first-order chi connectivity index (χ1) is 18.2. The van der Waals surface area contributed by atoms with Gasteiger partial charge < -0.3 is 10.2 Å². The highest BCUT2D eigenvalue weighted by atomic mass is 32.2. The zero-order chi connectivity index (χ0) is 26.9. The van der Waals surface area contributed by atoms with Crippen molar-refractivity contribution >= 4 is 39.4 Å². The molecular weight excluding hydrogens is 500 g/mol. The molecule has 2 saturated carbocycles. The Morgan fingerprint density at radius 1 is 1.08 bits per heavy atom. The standard InChI is InChI=1S/C29H40N4O4S/c1-21-20-26(33(22(2)34)25-10-6-7-11-25)13-12-23(21)14-19-38(36,37)32-17-15-29(16-18-32)28(35)30-27(31-29)24-8-4-3-5-9-24/h12-14,19-20,24-25H,3-11,15-18H2,1-2H3,(H,30,31,35)/b19-14+. The Morgan fingerprint density at radius 2 is 1.74 bits per heavy atom. The molecule has 4 aliphatic rings. The minimum absolute atomic E-state index is 0.0381. The molecule has 5 rings (SSSR count). The lowest BCUT2D eigenvalue weighted by Crippen LogP contribution is -2.50. The lowest BCUT2D eigenvalue weighted by Gasteiger charge is -2.34. The maximum atomic E-state index is 13.2. The molecule has 9 heteroatoms. The first-order valence-corrected chi connectivity index (χ1v) is 15.7. The van der Waals surface area contributed by atoms with E-state index in [1.807, 2.05) is 30.0 Å². The number of sulfonamides is 1. The number of benzene rings is 1. The predicted molar refractivity (Wildman–Crippen MR) is 150 cm³/mol. The number of amides is 2. The molecule has 0 aromatic heterocycles. The van der Waals surface area contributed by atoms with Crippen LogP contribution in [0.2, 0.25) is 0 Å². The highest BCUT2D eigenvalue weighted by molar-refractivity contribution is 7.92. The number of carbonyl (C=O) groups excluding carboxylic acids is 2. The molecule has 1 N–H and O–H groups in total. The summed E-state index contributed by atoms with van der Waals surface area (Å²) in [5.74, 6) is 1.11. The smallest absolute Gasteiger partial charge is 0.253 e. The number of hydrogen-bond acceptors (Lipinski definition) is 5. The molecule has 206 valence electrons. The van der Waals surface area contributed by atoms with Crippen LogP contribution in [0.3, 0.4) is 0 Å². The maximum absolute atomic E-state index is 13.2. The van der Waals surface area contributed by atoms with Crippen molar-refractivity contribution in [3.05, 3.63) is 34.7 Å². The van der Waals surface area contributed by atoms with Crippen LogP contribution in [0.4, 0.5) is 5.69 Å². The summed E-state index contributed by atoms with van der Waals surface area (Å²) in [6, 6.07) is 6.00. The van der Waals surface area contributed by atoms with Crippen molar-refractivity contribution in [1.29, 1.82) is 0 Å². The van der Waals surface area contributed by atoms with E-state index in [0.717, 1.165) is 61.2 Å². The number of carbonyl (C=O) groups is 2. The second-order valence-electron chi connectivity index (χ2n) is 11.4. The van der Waals surface area contributed by atoms with Crippen LogP contribution in [0.1, 0.15) is 88.7 Å². The van der Waals surface area contributed by atoms with E-state index in [-0.39, 0.29) is 30.9 Å². The van der Waals surface area contributed by atoms with Crippen molar-refractivity contribution in [2.24, 2.45) is 10.9 Å². The van der Waals surface area contributed by atoms with Crippen LogP contribution in [0, 0.1) is 12.8 Å². The van der Waals surface area contributed by atoms with Gasteiger partial charge in [0.1, 0.15) is 11.4 Å². The molecular formula is C29H40N4O4S. The van der Waals surface area contributed by atoms with Gasteiger partial charge in [-0.3, -0.25) is 14.6 Å². The average molecular weight is 541 g/mol. The van der Waals surface area contributed by atoms with Crippen LogP contribution in [0.25, 0.3) is 6.08 Å². The van der Waals surface area contributed by atoms with Gasteiger partial charge in [-0.2, -0.15) is 4.31 Å². The van der Waals surface area contributed by atoms with Crippen molar-refractivity contribution in [1.82, 2.24) is 9.62 Å². The summed E-state index contributed by atoms with van der Waals surface area (Å²) >= 11 is 0. The minimum atomic E-state index is -3.64. The van der Waals surface area contributed by atoms with Crippen LogP contribution >= 0.6 is 0 Å². The maximum Gasteiger partial charge on any atom is 0.253 e. The highest BCUT2D eigenvalue weighted by Gasteiger charge is 2.48. The zero-order valence-corrected chi connectivity index (χ0v) is 23.4. The van der Waals surface area contributed by atoms with Gasteiger partial charge in [0.25, 0.3) is 5.91 Å². The number of piperidine rings is 1. The zero-order valence-electron chi connectivity index (χ0n) is 22.6. The van der Waals surface area contributed by atoms with E-state index in [0.29, 0.717) is 18.8 Å². The van der Waals surface area contributed by atoms with E-state index < -0.39 is 15.6 Å². The van der Waals surface area contributed by atoms with Gasteiger partial charge in [0.15, 0.2) is 0 Å². The second-order valence-corrected chi connectivity index (χ2v) is 13.3. The van der Waals surface area contributed by atoms with Crippen LogP contribution < -0.4 is 10.2 Å². The molecule has 0 unspecified atom stereocenters. The summed E-state index contributed by atoms with van der Waals surface area (Å²) in [6.45, 7) is 4.09. The summed E-state index contributed by atoms with van der Waals surface area (Å²) < 4.78 is 27.8. The van der Waals surface area contributed by atoms with E-state index in [2.05, 4.69) is 5.32 Å². The van der Waals surface area contributed by atoms with Crippen molar-refractivity contribution in [3.8, 4) is 0 Å². The molecule has 2 amide bonds. The lowest BCUT2D eigenvalue weighted by molar-refractivity contribution is -0.125. The lowest BCUT2D eigenvalue weighted by atomic mass is 9.88. The summed E-state index contributed by atoms with van der Waals surface area (Å²) in [7, 11) is -3.64. The first-order valence-electron chi connectivity index (χ1n) is 14.2. The Balaban J connectivity index is 1.24. The van der Waals surface area contributed by atoms with Crippen LogP contribution in [-0.2, 0) is 19.6 Å². The summed E-state index contributed by atoms with van der Waals surface area (Å²) in [6.07, 6.45) is 12.5. The number of amidine groups is 1. The molecule has 1 saturated heterocycles. The van der Waals surface area contributed by atoms with Crippen molar-refractivity contribution in [2.45, 2.75) is 96.1 Å². The molecule has 2 aliphatic heterocycles. The molecule has 2 aliphatic carbocycles. The number of nitrogens with one attached hydrogen (secondary N) is 1. The Kier molecular flexibility index (Phi) is 7.78. The normalized spacial score (nSPS) is 23.2. The Hall–Kier alpha value is -2.52.